The van der Waals surface area contributed by atoms with Crippen LogP contribution in [0, 0.1) is 35.0 Å². The second-order valence-electron chi connectivity index (χ2n) is 7.06. The van der Waals surface area contributed by atoms with E-state index >= 15 is 0 Å². The molecule has 6 nitrogen and oxygen atoms in total. The molecule has 33 heavy (non-hydrogen) atoms. The van der Waals surface area contributed by atoms with E-state index in [1.165, 1.54) is 31.2 Å². The first-order valence-corrected chi connectivity index (χ1v) is 11.6. The maximum atomic E-state index is 14.1. The molecule has 0 radical (unpaired) electrons. The third kappa shape index (κ3) is 6.68. The van der Waals surface area contributed by atoms with E-state index in [1.54, 1.807) is 6.07 Å². The number of rotatable bonds is 11. The molecule has 0 amide bonds. The molecule has 2 rings (SSSR count). The van der Waals surface area contributed by atoms with Crippen molar-refractivity contribution in [3.05, 3.63) is 59.4 Å². The van der Waals surface area contributed by atoms with E-state index < -0.39 is 54.6 Å². The van der Waals surface area contributed by atoms with Crippen LogP contribution in [-0.4, -0.2) is 18.6 Å². The molecule has 0 heterocycles. The van der Waals surface area contributed by atoms with E-state index in [0.29, 0.717) is 0 Å². The molecule has 1 unspecified atom stereocenters. The zero-order valence-electron chi connectivity index (χ0n) is 18.0. The molecule has 0 aliphatic heterocycles. The molecule has 0 saturated carbocycles. The molecule has 0 saturated heterocycles. The normalized spacial score (nSPS) is 14.0. The lowest BCUT2D eigenvalue weighted by atomic mass is 10.1. The largest absolute Gasteiger partial charge is 0.513 e. The number of para-hydroxylation sites is 1. The molecule has 0 aliphatic carbocycles. The van der Waals surface area contributed by atoms with Crippen molar-refractivity contribution in [2.24, 2.45) is 5.92 Å². The van der Waals surface area contributed by atoms with Gasteiger partial charge in [0, 0.05) is 0 Å². The molecular weight excluding hydrogens is 472 g/mol. The summed E-state index contributed by atoms with van der Waals surface area (Å²) < 4.78 is 97.0. The molecular formula is C21H23F5NO5P. The first-order valence-electron chi connectivity index (χ1n) is 10.0. The first-order chi connectivity index (χ1) is 15.5. The highest BCUT2D eigenvalue weighted by molar-refractivity contribution is 7.52. The number of nitrogens with one attached hydrogen (secondary N) is 1. The van der Waals surface area contributed by atoms with Crippen molar-refractivity contribution in [2.75, 3.05) is 6.61 Å². The van der Waals surface area contributed by atoms with Crippen molar-refractivity contribution in [1.82, 2.24) is 5.09 Å². The molecule has 0 bridgehead atoms. The predicted octanol–water partition coefficient (Wildman–Crippen LogP) is 5.91. The fourth-order valence-corrected chi connectivity index (χ4v) is 4.14. The molecule has 182 valence electrons. The van der Waals surface area contributed by atoms with Crippen LogP contribution in [0.2, 0.25) is 0 Å². The van der Waals surface area contributed by atoms with Crippen LogP contribution in [0.5, 0.6) is 11.5 Å². The maximum Gasteiger partial charge on any atom is 0.513 e. The summed E-state index contributed by atoms with van der Waals surface area (Å²) in [6.45, 7) is 5.09. The Bertz CT molecular complexity index is 991. The van der Waals surface area contributed by atoms with Crippen molar-refractivity contribution in [2.45, 2.75) is 39.7 Å². The summed E-state index contributed by atoms with van der Waals surface area (Å²) in [6, 6.07) is 5.71. The van der Waals surface area contributed by atoms with Crippen LogP contribution in [-0.2, 0) is 14.1 Å². The maximum absolute atomic E-state index is 14.1. The highest BCUT2D eigenvalue weighted by Gasteiger charge is 2.38. The van der Waals surface area contributed by atoms with Gasteiger partial charge < -0.3 is 13.8 Å². The van der Waals surface area contributed by atoms with Gasteiger partial charge in [-0.25, -0.2) is 17.7 Å². The molecule has 1 N–H and O–H groups in total. The predicted molar refractivity (Wildman–Crippen MR) is 109 cm³/mol. The standard InChI is InChI=1S/C21H23F5NO5P/c1-4-13(5-2)11-30-21(28)12(3)27-33(29,31-14-9-7-6-8-10-14)32-20-18(25)16(23)15(22)17(24)19(20)26/h6-10,12-13H,4-5,11H2,1-3H3,(H,27,29)/t12-,33?/m0/s1. The summed E-state index contributed by atoms with van der Waals surface area (Å²) in [5.74, 6) is -14.5. The zero-order chi connectivity index (χ0) is 24.8. The monoisotopic (exact) mass is 495 g/mol. The van der Waals surface area contributed by atoms with Crippen molar-refractivity contribution < 1.29 is 45.1 Å². The van der Waals surface area contributed by atoms with E-state index in [9.17, 15) is 31.3 Å². The van der Waals surface area contributed by atoms with Gasteiger partial charge in [-0.1, -0.05) is 44.9 Å². The van der Waals surface area contributed by atoms with Crippen LogP contribution in [0.3, 0.4) is 0 Å². The summed E-state index contributed by atoms with van der Waals surface area (Å²) in [7, 11) is -4.93. The molecule has 0 spiro atoms. The Morgan fingerprint density at radius 1 is 0.909 bits per heavy atom. The number of halogens is 5. The van der Waals surface area contributed by atoms with Gasteiger partial charge in [0.15, 0.2) is 0 Å². The highest BCUT2D eigenvalue weighted by atomic mass is 31.2. The number of benzene rings is 2. The lowest BCUT2D eigenvalue weighted by molar-refractivity contribution is -0.146. The van der Waals surface area contributed by atoms with Crippen molar-refractivity contribution >= 4 is 13.7 Å². The Hall–Kier alpha value is -2.65. The van der Waals surface area contributed by atoms with E-state index in [2.05, 4.69) is 5.09 Å². The van der Waals surface area contributed by atoms with Gasteiger partial charge in [0.05, 0.1) is 6.61 Å². The fourth-order valence-electron chi connectivity index (χ4n) is 2.62. The Morgan fingerprint density at radius 3 is 1.94 bits per heavy atom. The minimum Gasteiger partial charge on any atom is -0.464 e. The lowest BCUT2D eigenvalue weighted by Gasteiger charge is -2.24. The van der Waals surface area contributed by atoms with Gasteiger partial charge >= 0.3 is 13.7 Å². The Kier molecular flexibility index (Phi) is 9.25. The number of esters is 1. The summed E-state index contributed by atoms with van der Waals surface area (Å²) >= 11 is 0. The summed E-state index contributed by atoms with van der Waals surface area (Å²) in [6.07, 6.45) is 1.48. The number of hydrogen-bond donors (Lipinski definition) is 1. The molecule has 2 aromatic carbocycles. The third-order valence-electron chi connectivity index (χ3n) is 4.67. The van der Waals surface area contributed by atoms with Crippen molar-refractivity contribution in [3.8, 4) is 11.5 Å². The van der Waals surface area contributed by atoms with Gasteiger partial charge in [0.2, 0.25) is 34.8 Å². The van der Waals surface area contributed by atoms with Crippen LogP contribution in [0.25, 0.3) is 0 Å². The fraction of sp³-hybridized carbons (Fsp3) is 0.381. The van der Waals surface area contributed by atoms with Crippen molar-refractivity contribution in [1.29, 1.82) is 0 Å². The number of hydrogen-bond acceptors (Lipinski definition) is 5. The average molecular weight is 495 g/mol. The molecule has 12 heteroatoms. The second-order valence-corrected chi connectivity index (χ2v) is 8.67. The van der Waals surface area contributed by atoms with Gasteiger partial charge in [-0.3, -0.25) is 4.79 Å². The Morgan fingerprint density at radius 2 is 1.42 bits per heavy atom. The van der Waals surface area contributed by atoms with E-state index in [1.807, 2.05) is 13.8 Å². The van der Waals surface area contributed by atoms with Gasteiger partial charge in [-0.05, 0) is 25.0 Å². The topological polar surface area (TPSA) is 73.9 Å². The molecule has 0 aliphatic rings. The molecule has 2 atom stereocenters. The summed E-state index contributed by atoms with van der Waals surface area (Å²) in [5.41, 5.74) is 0. The smallest absolute Gasteiger partial charge is 0.464 e. The summed E-state index contributed by atoms with van der Waals surface area (Å²) in [5, 5.41) is 2.12. The first kappa shape index (κ1) is 26.6. The average Bonchev–Trinajstić information content (AvgIpc) is 2.80. The van der Waals surface area contributed by atoms with E-state index in [0.717, 1.165) is 12.8 Å². The molecule has 0 aromatic heterocycles. The summed E-state index contributed by atoms with van der Waals surface area (Å²) in [4.78, 5) is 12.3. The van der Waals surface area contributed by atoms with E-state index in [-0.39, 0.29) is 18.3 Å². The van der Waals surface area contributed by atoms with Gasteiger partial charge in [-0.15, -0.1) is 0 Å². The van der Waals surface area contributed by atoms with Crippen LogP contribution in [0.1, 0.15) is 33.6 Å². The lowest BCUT2D eigenvalue weighted by Crippen LogP contribution is -2.36. The Balaban J connectivity index is 2.34. The van der Waals surface area contributed by atoms with Crippen LogP contribution >= 0.6 is 7.75 Å². The quantitative estimate of drug-likeness (QED) is 0.138. The van der Waals surface area contributed by atoms with Crippen molar-refractivity contribution in [3.63, 3.8) is 0 Å². The number of carbonyl (C=O) groups excluding carboxylic acids is 1. The minimum atomic E-state index is -4.93. The second kappa shape index (κ2) is 11.5. The SMILES string of the molecule is CCC(CC)COC(=O)[C@H](C)NP(=O)(Oc1ccccc1)Oc1c(F)c(F)c(F)c(F)c1F. The van der Waals surface area contributed by atoms with Gasteiger partial charge in [0.1, 0.15) is 11.8 Å². The third-order valence-corrected chi connectivity index (χ3v) is 6.25. The Labute approximate surface area is 187 Å². The van der Waals surface area contributed by atoms with E-state index in [4.69, 9.17) is 13.8 Å². The highest BCUT2D eigenvalue weighted by Crippen LogP contribution is 2.47. The minimum absolute atomic E-state index is 0.0696. The molecule has 2 aromatic rings. The van der Waals surface area contributed by atoms with Crippen LogP contribution in [0.15, 0.2) is 30.3 Å². The van der Waals surface area contributed by atoms with Crippen LogP contribution < -0.4 is 14.1 Å². The number of ether oxygens (including phenoxy) is 1. The van der Waals surface area contributed by atoms with Gasteiger partial charge in [-0.2, -0.15) is 13.9 Å². The van der Waals surface area contributed by atoms with Crippen LogP contribution in [0.4, 0.5) is 22.0 Å². The number of carbonyl (C=O) groups is 1. The zero-order valence-corrected chi connectivity index (χ0v) is 18.9. The van der Waals surface area contributed by atoms with Gasteiger partial charge in [0.25, 0.3) is 0 Å². The molecule has 0 fully saturated rings.